The standard InChI is InChI=1S/C23H43N5O/c1-4-24-23(25-16-21(18(2)3)27-13-8-9-14-27)26-20-12-15-28(17-20)22(29)19-10-6-5-7-11-19/h18-21H,4-17H2,1-3H3,(H2,24,25,26). The number of rotatable bonds is 7. The number of nitrogens with zero attached hydrogens (tertiary/aromatic N) is 3. The molecule has 0 radical (unpaired) electrons. The summed E-state index contributed by atoms with van der Waals surface area (Å²) in [6, 6.07) is 0.825. The van der Waals surface area contributed by atoms with Gasteiger partial charge >= 0.3 is 0 Å². The fraction of sp³-hybridized carbons (Fsp3) is 0.913. The Morgan fingerprint density at radius 1 is 1.03 bits per heavy atom. The lowest BCUT2D eigenvalue weighted by molar-refractivity contribution is -0.135. The Balaban J connectivity index is 1.52. The number of carbonyl (C=O) groups excluding carboxylic acids is 1. The van der Waals surface area contributed by atoms with Crippen LogP contribution >= 0.6 is 0 Å². The van der Waals surface area contributed by atoms with E-state index in [9.17, 15) is 4.79 Å². The van der Waals surface area contributed by atoms with Crippen molar-refractivity contribution in [3.05, 3.63) is 0 Å². The second kappa shape index (κ2) is 11.2. The highest BCUT2D eigenvalue weighted by Gasteiger charge is 2.32. The van der Waals surface area contributed by atoms with Gasteiger partial charge in [0.1, 0.15) is 0 Å². The molecule has 6 nitrogen and oxygen atoms in total. The molecule has 3 aliphatic rings. The largest absolute Gasteiger partial charge is 0.357 e. The SMILES string of the molecule is CCNC(=NCC(C(C)C)N1CCCC1)NC1CCN(C(=O)C2CCCCC2)C1. The smallest absolute Gasteiger partial charge is 0.225 e. The Kier molecular flexibility index (Phi) is 8.64. The molecule has 0 aromatic rings. The van der Waals surface area contributed by atoms with Crippen LogP contribution in [0.25, 0.3) is 0 Å². The molecule has 3 fully saturated rings. The predicted octanol–water partition coefficient (Wildman–Crippen LogP) is 2.84. The van der Waals surface area contributed by atoms with Crippen LogP contribution in [0.1, 0.15) is 72.1 Å². The third-order valence-corrected chi connectivity index (χ3v) is 6.96. The zero-order chi connectivity index (χ0) is 20.6. The van der Waals surface area contributed by atoms with Crippen molar-refractivity contribution < 1.29 is 4.79 Å². The molecule has 2 saturated heterocycles. The Morgan fingerprint density at radius 3 is 2.41 bits per heavy atom. The minimum atomic E-state index is 0.275. The molecule has 6 heteroatoms. The minimum absolute atomic E-state index is 0.275. The summed E-state index contributed by atoms with van der Waals surface area (Å²) >= 11 is 0. The molecule has 1 amide bonds. The van der Waals surface area contributed by atoms with E-state index < -0.39 is 0 Å². The van der Waals surface area contributed by atoms with Crippen molar-refractivity contribution in [3.8, 4) is 0 Å². The number of carbonyl (C=O) groups is 1. The number of nitrogens with one attached hydrogen (secondary N) is 2. The lowest BCUT2D eigenvalue weighted by Gasteiger charge is -2.30. The highest BCUT2D eigenvalue weighted by Crippen LogP contribution is 2.26. The van der Waals surface area contributed by atoms with E-state index in [-0.39, 0.29) is 5.92 Å². The zero-order valence-electron chi connectivity index (χ0n) is 19.0. The lowest BCUT2D eigenvalue weighted by Crippen LogP contribution is -2.46. The van der Waals surface area contributed by atoms with Crippen molar-refractivity contribution >= 4 is 11.9 Å². The Morgan fingerprint density at radius 2 is 1.76 bits per heavy atom. The van der Waals surface area contributed by atoms with Crippen LogP contribution in [0.5, 0.6) is 0 Å². The van der Waals surface area contributed by atoms with Crippen molar-refractivity contribution in [3.63, 3.8) is 0 Å². The van der Waals surface area contributed by atoms with E-state index in [0.29, 0.717) is 23.9 Å². The number of amides is 1. The minimum Gasteiger partial charge on any atom is -0.357 e. The van der Waals surface area contributed by atoms with E-state index in [1.807, 2.05) is 0 Å². The van der Waals surface area contributed by atoms with Crippen LogP contribution in [0.4, 0.5) is 0 Å². The predicted molar refractivity (Wildman–Crippen MR) is 120 cm³/mol. The molecule has 2 unspecified atom stereocenters. The number of hydrogen-bond donors (Lipinski definition) is 2. The van der Waals surface area contributed by atoms with Crippen LogP contribution in [-0.2, 0) is 4.79 Å². The fourth-order valence-corrected chi connectivity index (χ4v) is 5.21. The summed E-state index contributed by atoms with van der Waals surface area (Å²) in [6.07, 6.45) is 9.56. The summed E-state index contributed by atoms with van der Waals surface area (Å²) in [6.45, 7) is 12.6. The first-order chi connectivity index (χ1) is 14.1. The molecule has 0 spiro atoms. The summed E-state index contributed by atoms with van der Waals surface area (Å²) in [5, 5.41) is 7.03. The van der Waals surface area contributed by atoms with Crippen LogP contribution in [0.2, 0.25) is 0 Å². The van der Waals surface area contributed by atoms with Gasteiger partial charge in [-0.15, -0.1) is 0 Å². The van der Waals surface area contributed by atoms with Crippen LogP contribution in [0.15, 0.2) is 4.99 Å². The van der Waals surface area contributed by atoms with Gasteiger partial charge in [0.15, 0.2) is 5.96 Å². The van der Waals surface area contributed by atoms with Crippen molar-refractivity contribution in [1.82, 2.24) is 20.4 Å². The molecule has 1 saturated carbocycles. The van der Waals surface area contributed by atoms with E-state index in [1.165, 1.54) is 45.2 Å². The molecule has 3 rings (SSSR count). The monoisotopic (exact) mass is 405 g/mol. The first-order valence-corrected chi connectivity index (χ1v) is 12.2. The maximum atomic E-state index is 12.8. The Bertz CT molecular complexity index is 537. The second-order valence-corrected chi connectivity index (χ2v) is 9.52. The maximum Gasteiger partial charge on any atom is 0.225 e. The van der Waals surface area contributed by atoms with Gasteiger partial charge in [-0.3, -0.25) is 14.7 Å². The van der Waals surface area contributed by atoms with Crippen molar-refractivity contribution in [2.45, 2.75) is 84.2 Å². The molecule has 29 heavy (non-hydrogen) atoms. The Hall–Kier alpha value is -1.30. The third kappa shape index (κ3) is 6.34. The third-order valence-electron chi connectivity index (χ3n) is 6.96. The van der Waals surface area contributed by atoms with Gasteiger partial charge in [-0.25, -0.2) is 0 Å². The molecule has 166 valence electrons. The molecular formula is C23H43N5O. The summed E-state index contributed by atoms with van der Waals surface area (Å²) in [5.41, 5.74) is 0. The van der Waals surface area contributed by atoms with Crippen LogP contribution in [0, 0.1) is 11.8 Å². The van der Waals surface area contributed by atoms with E-state index in [4.69, 9.17) is 4.99 Å². The van der Waals surface area contributed by atoms with E-state index in [2.05, 4.69) is 41.2 Å². The van der Waals surface area contributed by atoms with Gasteiger partial charge in [-0.05, 0) is 58.0 Å². The van der Waals surface area contributed by atoms with Gasteiger partial charge in [-0.1, -0.05) is 33.1 Å². The lowest BCUT2D eigenvalue weighted by atomic mass is 9.88. The van der Waals surface area contributed by atoms with Crippen molar-refractivity contribution in [2.24, 2.45) is 16.8 Å². The van der Waals surface area contributed by atoms with Gasteiger partial charge in [0, 0.05) is 37.6 Å². The van der Waals surface area contributed by atoms with E-state index in [1.54, 1.807) is 0 Å². The van der Waals surface area contributed by atoms with Gasteiger partial charge < -0.3 is 15.5 Å². The summed E-state index contributed by atoms with van der Waals surface area (Å²) in [4.78, 5) is 22.5. The molecule has 2 heterocycles. The highest BCUT2D eigenvalue weighted by molar-refractivity contribution is 5.81. The zero-order valence-corrected chi connectivity index (χ0v) is 19.0. The molecule has 2 atom stereocenters. The maximum absolute atomic E-state index is 12.8. The average molecular weight is 406 g/mol. The molecule has 2 N–H and O–H groups in total. The summed E-state index contributed by atoms with van der Waals surface area (Å²) in [7, 11) is 0. The molecule has 2 aliphatic heterocycles. The first-order valence-electron chi connectivity index (χ1n) is 12.2. The van der Waals surface area contributed by atoms with Gasteiger partial charge in [-0.2, -0.15) is 0 Å². The number of likely N-dealkylation sites (tertiary alicyclic amines) is 2. The molecule has 0 bridgehead atoms. The molecule has 0 aromatic carbocycles. The quantitative estimate of drug-likeness (QED) is 0.505. The van der Waals surface area contributed by atoms with Gasteiger partial charge in [0.2, 0.25) is 5.91 Å². The number of aliphatic imine (C=N–C) groups is 1. The number of hydrogen-bond acceptors (Lipinski definition) is 3. The van der Waals surface area contributed by atoms with Crippen LogP contribution in [0.3, 0.4) is 0 Å². The highest BCUT2D eigenvalue weighted by atomic mass is 16.2. The van der Waals surface area contributed by atoms with Gasteiger partial charge in [0.05, 0.1) is 6.54 Å². The molecular weight excluding hydrogens is 362 g/mol. The fourth-order valence-electron chi connectivity index (χ4n) is 5.21. The second-order valence-electron chi connectivity index (χ2n) is 9.52. The normalized spacial score (nSPS) is 25.6. The van der Waals surface area contributed by atoms with Crippen molar-refractivity contribution in [2.75, 3.05) is 39.3 Å². The van der Waals surface area contributed by atoms with Crippen molar-refractivity contribution in [1.29, 1.82) is 0 Å². The molecule has 1 aliphatic carbocycles. The first kappa shape index (κ1) is 22.4. The van der Waals surface area contributed by atoms with E-state index in [0.717, 1.165) is 51.4 Å². The number of guanidine groups is 1. The Labute approximate surface area is 177 Å². The van der Waals surface area contributed by atoms with E-state index >= 15 is 0 Å². The summed E-state index contributed by atoms with van der Waals surface area (Å²) in [5.74, 6) is 2.19. The van der Waals surface area contributed by atoms with Crippen LogP contribution in [-0.4, -0.2) is 73.0 Å². The summed E-state index contributed by atoms with van der Waals surface area (Å²) < 4.78 is 0. The topological polar surface area (TPSA) is 60.0 Å². The van der Waals surface area contributed by atoms with Crippen LogP contribution < -0.4 is 10.6 Å². The van der Waals surface area contributed by atoms with Gasteiger partial charge in [0.25, 0.3) is 0 Å². The average Bonchev–Trinajstić information content (AvgIpc) is 3.40. The molecule has 0 aromatic heterocycles.